The summed E-state index contributed by atoms with van der Waals surface area (Å²) in [5.74, 6) is -1.61. The van der Waals surface area contributed by atoms with Crippen molar-refractivity contribution in [1.29, 1.82) is 5.26 Å². The second-order valence-electron chi connectivity index (χ2n) is 5.01. The number of hydrogen-bond donors (Lipinski definition) is 1. The van der Waals surface area contributed by atoms with Crippen LogP contribution in [-0.4, -0.2) is 41.6 Å². The predicted molar refractivity (Wildman–Crippen MR) is 77.1 cm³/mol. The third-order valence-electron chi connectivity index (χ3n) is 3.64. The Balaban J connectivity index is 2.24. The monoisotopic (exact) mass is 325 g/mol. The summed E-state index contributed by atoms with van der Waals surface area (Å²) in [6.07, 6.45) is -1.11. The van der Waals surface area contributed by atoms with Crippen molar-refractivity contribution in [2.24, 2.45) is 5.92 Å². The molecule has 0 aliphatic carbocycles. The van der Waals surface area contributed by atoms with E-state index in [9.17, 15) is 14.0 Å². The molecule has 0 spiro atoms. The number of carbonyl (C=O) groups is 2. The number of amides is 2. The van der Waals surface area contributed by atoms with E-state index < -0.39 is 29.8 Å². The molecule has 0 saturated carbocycles. The minimum absolute atomic E-state index is 0.000252. The first-order valence-corrected chi connectivity index (χ1v) is 6.84. The van der Waals surface area contributed by atoms with Crippen molar-refractivity contribution < 1.29 is 19.1 Å². The summed E-state index contributed by atoms with van der Waals surface area (Å²) in [5.41, 5.74) is 0.349. The van der Waals surface area contributed by atoms with E-state index in [0.717, 1.165) is 11.0 Å². The Kier molecular flexibility index (Phi) is 4.52. The van der Waals surface area contributed by atoms with Crippen molar-refractivity contribution in [2.75, 3.05) is 18.5 Å². The van der Waals surface area contributed by atoms with Gasteiger partial charge in [0, 0.05) is 19.3 Å². The molecule has 6 nitrogen and oxygen atoms in total. The third-order valence-corrected chi connectivity index (χ3v) is 3.93. The highest BCUT2D eigenvalue weighted by atomic mass is 35.5. The molecule has 0 radical (unpaired) electrons. The van der Waals surface area contributed by atoms with E-state index in [0.29, 0.717) is 5.69 Å². The number of anilines is 1. The molecule has 1 aliphatic rings. The molecule has 8 heteroatoms. The van der Waals surface area contributed by atoms with Crippen LogP contribution in [-0.2, 0) is 4.79 Å². The molecule has 2 amide bonds. The number of nitrogens with zero attached hydrogens (tertiary/aromatic N) is 3. The van der Waals surface area contributed by atoms with Gasteiger partial charge in [-0.2, -0.15) is 5.26 Å². The van der Waals surface area contributed by atoms with Gasteiger partial charge in [-0.25, -0.2) is 9.18 Å². The van der Waals surface area contributed by atoms with Gasteiger partial charge in [-0.05, 0) is 24.6 Å². The number of benzene rings is 1. The highest BCUT2D eigenvalue weighted by Gasteiger charge is 2.41. The van der Waals surface area contributed by atoms with E-state index in [-0.39, 0.29) is 18.0 Å². The first-order valence-electron chi connectivity index (χ1n) is 6.47. The first kappa shape index (κ1) is 16.0. The van der Waals surface area contributed by atoms with Crippen LogP contribution in [0.25, 0.3) is 0 Å². The van der Waals surface area contributed by atoms with Crippen LogP contribution in [0.15, 0.2) is 18.2 Å². The van der Waals surface area contributed by atoms with Crippen molar-refractivity contribution in [1.82, 2.24) is 4.90 Å². The quantitative estimate of drug-likeness (QED) is 0.904. The van der Waals surface area contributed by atoms with Crippen LogP contribution in [0.4, 0.5) is 14.9 Å². The predicted octanol–water partition coefficient (Wildman–Crippen LogP) is 2.33. The smallest absolute Gasteiger partial charge is 0.408 e. The van der Waals surface area contributed by atoms with Crippen LogP contribution in [0.5, 0.6) is 0 Å². The first-order chi connectivity index (χ1) is 10.3. The number of likely N-dealkylation sites (tertiary alicyclic amines) is 1. The van der Waals surface area contributed by atoms with E-state index in [1.165, 1.54) is 24.1 Å². The molecule has 1 fully saturated rings. The van der Waals surface area contributed by atoms with Crippen LogP contribution < -0.4 is 4.90 Å². The molecule has 2 atom stereocenters. The lowest BCUT2D eigenvalue weighted by molar-refractivity contribution is -0.122. The number of carboxylic acid groups (broad SMARTS) is 1. The van der Waals surface area contributed by atoms with Gasteiger partial charge in [0.15, 0.2) is 0 Å². The Bertz CT molecular complexity index is 661. The lowest BCUT2D eigenvalue weighted by Crippen LogP contribution is -2.46. The maximum atomic E-state index is 13.2. The van der Waals surface area contributed by atoms with Gasteiger partial charge < -0.3 is 10.0 Å². The van der Waals surface area contributed by atoms with Crippen molar-refractivity contribution >= 4 is 29.3 Å². The fourth-order valence-electron chi connectivity index (χ4n) is 2.42. The second kappa shape index (κ2) is 6.20. The number of rotatable bonds is 2. The van der Waals surface area contributed by atoms with Gasteiger partial charge in [-0.1, -0.05) is 11.6 Å². The largest absolute Gasteiger partial charge is 0.465 e. The minimum atomic E-state index is -1.25. The van der Waals surface area contributed by atoms with E-state index in [1.54, 1.807) is 0 Å². The number of likely N-dealkylation sites (N-methyl/N-ethyl adjacent to an activating group) is 1. The van der Waals surface area contributed by atoms with E-state index in [2.05, 4.69) is 0 Å². The van der Waals surface area contributed by atoms with Gasteiger partial charge in [-0.15, -0.1) is 0 Å². The number of carbonyl (C=O) groups excluding carboxylic acids is 1. The summed E-state index contributed by atoms with van der Waals surface area (Å²) in [5, 5.41) is 18.0. The van der Waals surface area contributed by atoms with Crippen LogP contribution in [0.1, 0.15) is 6.42 Å². The molecule has 1 aromatic rings. The topological polar surface area (TPSA) is 84.6 Å². The zero-order valence-corrected chi connectivity index (χ0v) is 12.4. The molecule has 1 N–H and O–H groups in total. The molecule has 1 aliphatic heterocycles. The normalized spacial score (nSPS) is 20.5. The van der Waals surface area contributed by atoms with Gasteiger partial charge in [0.2, 0.25) is 5.91 Å². The van der Waals surface area contributed by atoms with E-state index >= 15 is 0 Å². The Morgan fingerprint density at radius 2 is 2.23 bits per heavy atom. The van der Waals surface area contributed by atoms with Gasteiger partial charge in [0.25, 0.3) is 0 Å². The zero-order chi connectivity index (χ0) is 16.4. The minimum Gasteiger partial charge on any atom is -0.465 e. The molecular weight excluding hydrogens is 313 g/mol. The lowest BCUT2D eigenvalue weighted by Gasteiger charge is -2.26. The van der Waals surface area contributed by atoms with Crippen LogP contribution >= 0.6 is 11.6 Å². The van der Waals surface area contributed by atoms with Crippen LogP contribution in [0, 0.1) is 23.1 Å². The average Bonchev–Trinajstić information content (AvgIpc) is 2.93. The zero-order valence-electron chi connectivity index (χ0n) is 11.7. The summed E-state index contributed by atoms with van der Waals surface area (Å²) in [7, 11) is 1.45. The SMILES string of the molecule is CN(C(=O)C1CC(C#N)CN1C(=O)O)c1ccc(F)c(Cl)c1. The molecule has 116 valence electrons. The molecule has 0 bridgehead atoms. The number of halogens is 2. The van der Waals surface area contributed by atoms with Gasteiger partial charge in [0.05, 0.1) is 17.0 Å². The second-order valence-corrected chi connectivity index (χ2v) is 5.42. The molecule has 1 saturated heterocycles. The van der Waals surface area contributed by atoms with Gasteiger partial charge in [-0.3, -0.25) is 9.69 Å². The summed E-state index contributed by atoms with van der Waals surface area (Å²) < 4.78 is 13.2. The Morgan fingerprint density at radius 3 is 2.77 bits per heavy atom. The summed E-state index contributed by atoms with van der Waals surface area (Å²) in [6, 6.07) is 4.84. The van der Waals surface area contributed by atoms with Gasteiger partial charge in [0.1, 0.15) is 11.9 Å². The summed E-state index contributed by atoms with van der Waals surface area (Å²) >= 11 is 5.69. The van der Waals surface area contributed by atoms with E-state index in [1.807, 2.05) is 6.07 Å². The summed E-state index contributed by atoms with van der Waals surface area (Å²) in [4.78, 5) is 25.9. The highest BCUT2D eigenvalue weighted by molar-refractivity contribution is 6.31. The number of nitriles is 1. The van der Waals surface area contributed by atoms with Crippen molar-refractivity contribution in [3.05, 3.63) is 29.0 Å². The molecule has 2 rings (SSSR count). The van der Waals surface area contributed by atoms with Crippen molar-refractivity contribution in [3.8, 4) is 6.07 Å². The molecule has 0 aromatic heterocycles. The lowest BCUT2D eigenvalue weighted by atomic mass is 10.1. The van der Waals surface area contributed by atoms with Crippen molar-refractivity contribution in [2.45, 2.75) is 12.5 Å². The maximum Gasteiger partial charge on any atom is 0.408 e. The highest BCUT2D eigenvalue weighted by Crippen LogP contribution is 2.27. The summed E-state index contributed by atoms with van der Waals surface area (Å²) in [6.45, 7) is 0.000252. The van der Waals surface area contributed by atoms with E-state index in [4.69, 9.17) is 22.0 Å². The van der Waals surface area contributed by atoms with Crippen LogP contribution in [0.2, 0.25) is 5.02 Å². The fourth-order valence-corrected chi connectivity index (χ4v) is 2.59. The number of hydrogen-bond acceptors (Lipinski definition) is 3. The maximum absolute atomic E-state index is 13.2. The van der Waals surface area contributed by atoms with Crippen molar-refractivity contribution in [3.63, 3.8) is 0 Å². The molecule has 2 unspecified atom stereocenters. The molecule has 1 aromatic carbocycles. The third kappa shape index (κ3) is 2.97. The Morgan fingerprint density at radius 1 is 1.55 bits per heavy atom. The molecular formula is C14H13ClFN3O3. The fraction of sp³-hybridized carbons (Fsp3) is 0.357. The van der Waals surface area contributed by atoms with Crippen LogP contribution in [0.3, 0.4) is 0 Å². The Labute approximate surface area is 131 Å². The Hall–Kier alpha value is -2.33. The average molecular weight is 326 g/mol. The molecule has 1 heterocycles. The molecule has 22 heavy (non-hydrogen) atoms. The van der Waals surface area contributed by atoms with Gasteiger partial charge >= 0.3 is 6.09 Å². The standard InChI is InChI=1S/C14H13ClFN3O3/c1-18(9-2-3-11(16)10(15)5-9)13(20)12-4-8(6-17)7-19(12)14(21)22/h2-3,5,8,12H,4,7H2,1H3,(H,21,22).